The molecule has 0 heterocycles. The lowest BCUT2D eigenvalue weighted by molar-refractivity contribution is 0.579. The standard InChI is InChI=1S/C27H34Cl2N/c1-2-3-4-5-6-7-8-9-10-11-12-23-13-15-25(16-14-23)22-30-20-19-24-17-18-26(28)27(29)21-24/h13-18,21H,2-10,19-20,22H2,1H3. The van der Waals surface area contributed by atoms with Crippen molar-refractivity contribution in [1.29, 1.82) is 0 Å². The minimum atomic E-state index is 0.596. The van der Waals surface area contributed by atoms with Gasteiger partial charge in [-0.05, 0) is 48.2 Å². The van der Waals surface area contributed by atoms with Crippen molar-refractivity contribution in [2.24, 2.45) is 0 Å². The molecule has 2 aromatic rings. The molecule has 0 amide bonds. The molecule has 2 aromatic carbocycles. The molecule has 1 nitrogen and oxygen atoms in total. The maximum atomic E-state index is 6.05. The summed E-state index contributed by atoms with van der Waals surface area (Å²) in [5.41, 5.74) is 3.47. The minimum absolute atomic E-state index is 0.596. The first kappa shape index (κ1) is 24.8. The molecule has 3 heteroatoms. The predicted molar refractivity (Wildman–Crippen MR) is 131 cm³/mol. The van der Waals surface area contributed by atoms with Crippen LogP contribution in [0.3, 0.4) is 0 Å². The Balaban J connectivity index is 1.57. The normalized spacial score (nSPS) is 10.6. The highest BCUT2D eigenvalue weighted by Gasteiger charge is 2.00. The van der Waals surface area contributed by atoms with E-state index in [9.17, 15) is 0 Å². The van der Waals surface area contributed by atoms with Gasteiger partial charge in [0.15, 0.2) is 0 Å². The van der Waals surface area contributed by atoms with Crippen LogP contribution in [0.1, 0.15) is 81.4 Å². The van der Waals surface area contributed by atoms with Gasteiger partial charge in [0.2, 0.25) is 0 Å². The predicted octanol–water partition coefficient (Wildman–Crippen LogP) is 8.22. The summed E-state index contributed by atoms with van der Waals surface area (Å²) < 4.78 is 0. The molecule has 0 unspecified atom stereocenters. The lowest BCUT2D eigenvalue weighted by atomic mass is 10.1. The Morgan fingerprint density at radius 3 is 2.13 bits per heavy atom. The smallest absolute Gasteiger partial charge is 0.0595 e. The Bertz CT molecular complexity index is 787. The molecule has 0 atom stereocenters. The van der Waals surface area contributed by atoms with Crippen LogP contribution in [0.15, 0.2) is 42.5 Å². The Morgan fingerprint density at radius 1 is 0.767 bits per heavy atom. The molecule has 0 aliphatic rings. The highest BCUT2D eigenvalue weighted by atomic mass is 35.5. The van der Waals surface area contributed by atoms with Gasteiger partial charge in [0.1, 0.15) is 0 Å². The van der Waals surface area contributed by atoms with Crippen molar-refractivity contribution in [3.8, 4) is 11.8 Å². The first-order chi connectivity index (χ1) is 14.7. The minimum Gasteiger partial charge on any atom is -0.237 e. The van der Waals surface area contributed by atoms with E-state index in [4.69, 9.17) is 23.2 Å². The van der Waals surface area contributed by atoms with Gasteiger partial charge < -0.3 is 0 Å². The lowest BCUT2D eigenvalue weighted by Crippen LogP contribution is -2.09. The summed E-state index contributed by atoms with van der Waals surface area (Å²) in [6.07, 6.45) is 12.6. The Morgan fingerprint density at radius 2 is 1.43 bits per heavy atom. The van der Waals surface area contributed by atoms with Crippen molar-refractivity contribution in [3.63, 3.8) is 0 Å². The van der Waals surface area contributed by atoms with Gasteiger partial charge >= 0.3 is 0 Å². The van der Waals surface area contributed by atoms with E-state index in [2.05, 4.69) is 48.3 Å². The summed E-state index contributed by atoms with van der Waals surface area (Å²) in [6.45, 7) is 3.77. The van der Waals surface area contributed by atoms with Gasteiger partial charge in [0.25, 0.3) is 0 Å². The largest absolute Gasteiger partial charge is 0.237 e. The molecular weight excluding hydrogens is 409 g/mol. The third kappa shape index (κ3) is 10.5. The monoisotopic (exact) mass is 442 g/mol. The summed E-state index contributed by atoms with van der Waals surface area (Å²) >= 11 is 12.0. The molecule has 0 spiro atoms. The molecular formula is C27H34Cl2N. The molecule has 30 heavy (non-hydrogen) atoms. The summed E-state index contributed by atoms with van der Waals surface area (Å²) in [5.74, 6) is 6.60. The number of benzene rings is 2. The molecule has 0 saturated carbocycles. The van der Waals surface area contributed by atoms with E-state index in [0.29, 0.717) is 10.0 Å². The lowest BCUT2D eigenvalue weighted by Gasteiger charge is -2.05. The van der Waals surface area contributed by atoms with Crippen molar-refractivity contribution in [3.05, 3.63) is 69.2 Å². The maximum Gasteiger partial charge on any atom is 0.0595 e. The van der Waals surface area contributed by atoms with Gasteiger partial charge in [-0.1, -0.05) is 105 Å². The SMILES string of the molecule is CCCCCCCCCCC#Cc1ccc(C[N]CCc2ccc(Cl)c(Cl)c2)cc1. The van der Waals surface area contributed by atoms with Crippen LogP contribution in [0.2, 0.25) is 10.0 Å². The first-order valence-corrected chi connectivity index (χ1v) is 12.1. The van der Waals surface area contributed by atoms with Crippen LogP contribution in [0.25, 0.3) is 0 Å². The first-order valence-electron chi connectivity index (χ1n) is 11.3. The number of hydrogen-bond donors (Lipinski definition) is 0. The van der Waals surface area contributed by atoms with Crippen molar-refractivity contribution >= 4 is 23.2 Å². The zero-order valence-corrected chi connectivity index (χ0v) is 19.7. The second-order valence-electron chi connectivity index (χ2n) is 7.83. The highest BCUT2D eigenvalue weighted by Crippen LogP contribution is 2.22. The molecule has 0 aliphatic carbocycles. The molecule has 0 saturated heterocycles. The fourth-order valence-electron chi connectivity index (χ4n) is 3.32. The fourth-order valence-corrected chi connectivity index (χ4v) is 3.64. The third-order valence-electron chi connectivity index (χ3n) is 5.18. The van der Waals surface area contributed by atoms with Gasteiger partial charge in [-0.3, -0.25) is 0 Å². The third-order valence-corrected chi connectivity index (χ3v) is 5.92. The van der Waals surface area contributed by atoms with Crippen molar-refractivity contribution < 1.29 is 0 Å². The van der Waals surface area contributed by atoms with E-state index in [1.54, 1.807) is 0 Å². The quantitative estimate of drug-likeness (QED) is 0.219. The van der Waals surface area contributed by atoms with E-state index < -0.39 is 0 Å². The van der Waals surface area contributed by atoms with Gasteiger partial charge in [0, 0.05) is 25.1 Å². The summed E-state index contributed by atoms with van der Waals surface area (Å²) in [5, 5.41) is 5.83. The molecule has 161 valence electrons. The van der Waals surface area contributed by atoms with Crippen LogP contribution in [-0.2, 0) is 13.0 Å². The van der Waals surface area contributed by atoms with E-state index >= 15 is 0 Å². The average molecular weight is 443 g/mol. The molecule has 2 rings (SSSR count). The van der Waals surface area contributed by atoms with Gasteiger partial charge in [0.05, 0.1) is 10.0 Å². The van der Waals surface area contributed by atoms with Crippen molar-refractivity contribution in [2.75, 3.05) is 6.54 Å². The van der Waals surface area contributed by atoms with Crippen LogP contribution >= 0.6 is 23.2 Å². The van der Waals surface area contributed by atoms with E-state index in [1.165, 1.54) is 56.9 Å². The number of unbranched alkanes of at least 4 members (excludes halogenated alkanes) is 8. The van der Waals surface area contributed by atoms with Crippen LogP contribution in [-0.4, -0.2) is 6.54 Å². The molecule has 0 aromatic heterocycles. The second-order valence-corrected chi connectivity index (χ2v) is 8.64. The van der Waals surface area contributed by atoms with Gasteiger partial charge in [-0.2, -0.15) is 0 Å². The van der Waals surface area contributed by atoms with Crippen LogP contribution < -0.4 is 5.32 Å². The van der Waals surface area contributed by atoms with Gasteiger partial charge in [-0.25, -0.2) is 5.32 Å². The topological polar surface area (TPSA) is 14.1 Å². The van der Waals surface area contributed by atoms with E-state index in [1.807, 2.05) is 18.2 Å². The summed E-state index contributed by atoms with van der Waals surface area (Å²) in [7, 11) is 0. The number of halogens is 2. The zero-order valence-electron chi connectivity index (χ0n) is 18.2. The Hall–Kier alpha value is -1.46. The number of rotatable bonds is 13. The second kappa shape index (κ2) is 15.4. The number of hydrogen-bond acceptors (Lipinski definition) is 0. The van der Waals surface area contributed by atoms with E-state index in [0.717, 1.165) is 37.1 Å². The summed E-state index contributed by atoms with van der Waals surface area (Å²) in [6, 6.07) is 14.2. The molecule has 1 radical (unpaired) electrons. The Kier molecular flexibility index (Phi) is 12.7. The maximum absolute atomic E-state index is 6.05. The number of nitrogens with zero attached hydrogens (tertiary/aromatic N) is 1. The molecule has 0 N–H and O–H groups in total. The Labute approximate surface area is 193 Å². The molecule has 0 fully saturated rings. The van der Waals surface area contributed by atoms with Crippen LogP contribution in [0, 0.1) is 11.8 Å². The molecule has 0 bridgehead atoms. The van der Waals surface area contributed by atoms with Crippen molar-refractivity contribution in [2.45, 2.75) is 77.7 Å². The zero-order chi connectivity index (χ0) is 21.4. The van der Waals surface area contributed by atoms with E-state index in [-0.39, 0.29) is 0 Å². The van der Waals surface area contributed by atoms with Crippen LogP contribution in [0.4, 0.5) is 0 Å². The van der Waals surface area contributed by atoms with Crippen LogP contribution in [0.5, 0.6) is 0 Å². The highest BCUT2D eigenvalue weighted by molar-refractivity contribution is 6.42. The van der Waals surface area contributed by atoms with Gasteiger partial charge in [-0.15, -0.1) is 0 Å². The summed E-state index contributed by atoms with van der Waals surface area (Å²) in [4.78, 5) is 0. The molecule has 0 aliphatic heterocycles. The fraction of sp³-hybridized carbons (Fsp3) is 0.481. The average Bonchev–Trinajstić information content (AvgIpc) is 2.76. The van der Waals surface area contributed by atoms with Crippen molar-refractivity contribution in [1.82, 2.24) is 5.32 Å².